The topological polar surface area (TPSA) is 82.5 Å². The molecule has 2 amide bonds. The zero-order valence-corrected chi connectivity index (χ0v) is 19.3. The minimum absolute atomic E-state index is 0.00660. The van der Waals surface area contributed by atoms with Gasteiger partial charge >= 0.3 is 5.97 Å². The summed E-state index contributed by atoms with van der Waals surface area (Å²) < 4.78 is 5.06. The van der Waals surface area contributed by atoms with E-state index in [4.69, 9.17) is 4.74 Å². The first-order chi connectivity index (χ1) is 14.9. The van der Waals surface area contributed by atoms with Crippen molar-refractivity contribution < 1.29 is 19.1 Å². The highest BCUT2D eigenvalue weighted by Gasteiger charge is 2.41. The fourth-order valence-corrected chi connectivity index (χ4v) is 5.78. The number of ether oxygens (including phenoxy) is 1. The molecule has 1 atom stereocenters. The third kappa shape index (κ3) is 4.14. The number of rotatable bonds is 4. The number of nitrogens with zero attached hydrogens (tertiary/aromatic N) is 4. The van der Waals surface area contributed by atoms with E-state index in [1.807, 2.05) is 34.7 Å². The number of thioether (sulfide) groups is 1. The summed E-state index contributed by atoms with van der Waals surface area (Å²) in [5, 5.41) is 4.67. The van der Waals surface area contributed by atoms with Crippen molar-refractivity contribution >= 4 is 46.0 Å². The normalized spacial score (nSPS) is 21.0. The van der Waals surface area contributed by atoms with Crippen LogP contribution < -0.4 is 0 Å². The molecule has 4 heterocycles. The van der Waals surface area contributed by atoms with Gasteiger partial charge in [-0.3, -0.25) is 9.59 Å². The number of methoxy groups -OCH3 is 1. The van der Waals surface area contributed by atoms with Crippen LogP contribution in [0.3, 0.4) is 0 Å². The molecule has 3 aliphatic rings. The van der Waals surface area contributed by atoms with Crippen LogP contribution in [0.1, 0.15) is 31.2 Å². The Kier molecular flexibility index (Phi) is 6.19. The Balaban J connectivity index is 1.56. The Morgan fingerprint density at radius 2 is 1.90 bits per heavy atom. The minimum atomic E-state index is -0.415. The van der Waals surface area contributed by atoms with Gasteiger partial charge in [0.1, 0.15) is 6.04 Å². The number of aliphatic imine (C=N–C) groups is 1. The number of amidine groups is 1. The van der Waals surface area contributed by atoms with Gasteiger partial charge in [0.05, 0.1) is 24.8 Å². The Bertz CT molecular complexity index is 991. The first kappa shape index (κ1) is 21.6. The second-order valence-corrected chi connectivity index (χ2v) is 9.28. The molecule has 0 N–H and O–H groups in total. The molecule has 10 heteroatoms. The summed E-state index contributed by atoms with van der Waals surface area (Å²) in [5.41, 5.74) is 1.94. The summed E-state index contributed by atoms with van der Waals surface area (Å²) in [6.07, 6.45) is 0.210. The molecule has 4 rings (SSSR count). The minimum Gasteiger partial charge on any atom is -0.466 e. The molecule has 0 spiro atoms. The number of fused-ring (bicyclic) bond motifs is 1. The Hall–Kier alpha value is -2.59. The average molecular weight is 461 g/mol. The summed E-state index contributed by atoms with van der Waals surface area (Å²) in [6, 6.07) is 3.56. The molecule has 31 heavy (non-hydrogen) atoms. The highest BCUT2D eigenvalue weighted by molar-refractivity contribution is 8.16. The van der Waals surface area contributed by atoms with Crippen LogP contribution in [0.2, 0.25) is 0 Å². The molecule has 164 valence electrons. The van der Waals surface area contributed by atoms with E-state index in [2.05, 4.69) is 4.99 Å². The molecule has 8 nitrogen and oxygen atoms in total. The molecular weight excluding hydrogens is 436 g/mol. The Morgan fingerprint density at radius 3 is 2.52 bits per heavy atom. The van der Waals surface area contributed by atoms with E-state index in [0.29, 0.717) is 37.4 Å². The highest BCUT2D eigenvalue weighted by Crippen LogP contribution is 2.45. The molecule has 1 unspecified atom stereocenters. The van der Waals surface area contributed by atoms with Crippen molar-refractivity contribution in [1.82, 2.24) is 14.7 Å². The maximum absolute atomic E-state index is 13.0. The lowest BCUT2D eigenvalue weighted by Crippen LogP contribution is -2.50. The molecule has 1 saturated heterocycles. The predicted molar refractivity (Wildman–Crippen MR) is 120 cm³/mol. The molecule has 1 fully saturated rings. The van der Waals surface area contributed by atoms with Crippen LogP contribution in [0.25, 0.3) is 0 Å². The van der Waals surface area contributed by atoms with Gasteiger partial charge in [0.2, 0.25) is 11.8 Å². The number of amides is 2. The van der Waals surface area contributed by atoms with Crippen molar-refractivity contribution in [3.63, 3.8) is 0 Å². The van der Waals surface area contributed by atoms with E-state index in [1.165, 1.54) is 18.9 Å². The third-order valence-electron chi connectivity index (χ3n) is 5.63. The molecule has 1 aromatic rings. The van der Waals surface area contributed by atoms with E-state index >= 15 is 0 Å². The standard InChI is InChI=1S/C21H24N4O4S2/c1-13-18(20(28)29-3)19(16-5-4-10-30-16)25-15(12-31-21(25)22-13)11-17(27)24-8-6-23(7-9-24)14(2)26/h4-5,10,12,19H,6-9,11H2,1-3H3. The smallest absolute Gasteiger partial charge is 0.338 e. The summed E-state index contributed by atoms with van der Waals surface area (Å²) in [7, 11) is 1.37. The van der Waals surface area contributed by atoms with Gasteiger partial charge in [-0.25, -0.2) is 9.79 Å². The van der Waals surface area contributed by atoms with Crippen LogP contribution in [0.4, 0.5) is 0 Å². The monoisotopic (exact) mass is 460 g/mol. The molecule has 3 aliphatic heterocycles. The van der Waals surface area contributed by atoms with Crippen molar-refractivity contribution in [2.45, 2.75) is 26.3 Å². The van der Waals surface area contributed by atoms with Crippen LogP contribution in [-0.2, 0) is 19.1 Å². The highest BCUT2D eigenvalue weighted by atomic mass is 32.2. The van der Waals surface area contributed by atoms with Crippen LogP contribution in [-0.4, -0.2) is 70.9 Å². The van der Waals surface area contributed by atoms with Gasteiger partial charge < -0.3 is 19.4 Å². The average Bonchev–Trinajstić information content (AvgIpc) is 3.43. The molecule has 1 aromatic heterocycles. The number of thiophene rings is 1. The summed E-state index contributed by atoms with van der Waals surface area (Å²) in [6.45, 7) is 5.53. The lowest BCUT2D eigenvalue weighted by Gasteiger charge is -2.37. The Morgan fingerprint density at radius 1 is 1.19 bits per heavy atom. The quantitative estimate of drug-likeness (QED) is 0.643. The van der Waals surface area contributed by atoms with Crippen LogP contribution in [0.15, 0.2) is 44.9 Å². The molecule has 0 bridgehead atoms. The second-order valence-electron chi connectivity index (χ2n) is 7.46. The number of esters is 1. The van der Waals surface area contributed by atoms with Crippen molar-refractivity contribution in [2.75, 3.05) is 33.3 Å². The summed E-state index contributed by atoms with van der Waals surface area (Å²) in [4.78, 5) is 48.4. The molecule has 0 aliphatic carbocycles. The number of carbonyl (C=O) groups excluding carboxylic acids is 3. The van der Waals surface area contributed by atoms with E-state index in [-0.39, 0.29) is 24.3 Å². The number of allylic oxidation sites excluding steroid dienone is 1. The van der Waals surface area contributed by atoms with Gasteiger partial charge in [0.15, 0.2) is 5.17 Å². The number of hydrogen-bond acceptors (Lipinski definition) is 8. The lowest BCUT2D eigenvalue weighted by molar-refractivity contribution is -0.138. The second kappa shape index (κ2) is 8.88. The Labute approximate surface area is 189 Å². The van der Waals surface area contributed by atoms with Crippen molar-refractivity contribution in [1.29, 1.82) is 0 Å². The fraction of sp³-hybridized carbons (Fsp3) is 0.429. The zero-order valence-electron chi connectivity index (χ0n) is 17.7. The first-order valence-electron chi connectivity index (χ1n) is 10.00. The molecular formula is C21H24N4O4S2. The van der Waals surface area contributed by atoms with Crippen LogP contribution in [0, 0.1) is 0 Å². The zero-order chi connectivity index (χ0) is 22.1. The number of hydrogen-bond donors (Lipinski definition) is 0. The first-order valence-corrected chi connectivity index (χ1v) is 11.8. The van der Waals surface area contributed by atoms with Gasteiger partial charge in [-0.2, -0.15) is 0 Å². The van der Waals surface area contributed by atoms with Gasteiger partial charge in [0, 0.05) is 43.7 Å². The van der Waals surface area contributed by atoms with Crippen molar-refractivity contribution in [2.24, 2.45) is 4.99 Å². The molecule has 0 radical (unpaired) electrons. The SMILES string of the molecule is COC(=O)C1=C(C)N=C2SC=C(CC(=O)N3CCN(C(C)=O)CC3)N2C1c1cccs1. The fourth-order valence-electron chi connectivity index (χ4n) is 3.99. The molecule has 0 saturated carbocycles. The van der Waals surface area contributed by atoms with Gasteiger partial charge in [-0.1, -0.05) is 17.8 Å². The van der Waals surface area contributed by atoms with E-state index in [1.54, 1.807) is 28.1 Å². The van der Waals surface area contributed by atoms with Crippen molar-refractivity contribution in [3.05, 3.63) is 44.8 Å². The van der Waals surface area contributed by atoms with Crippen LogP contribution >= 0.6 is 23.1 Å². The lowest BCUT2D eigenvalue weighted by atomic mass is 9.99. The van der Waals surface area contributed by atoms with Crippen LogP contribution in [0.5, 0.6) is 0 Å². The van der Waals surface area contributed by atoms with Gasteiger partial charge in [-0.05, 0) is 23.8 Å². The van der Waals surface area contributed by atoms with Gasteiger partial charge in [0.25, 0.3) is 0 Å². The van der Waals surface area contributed by atoms with Gasteiger partial charge in [-0.15, -0.1) is 11.3 Å². The molecule has 0 aromatic carbocycles. The maximum atomic E-state index is 13.0. The number of piperazine rings is 1. The van der Waals surface area contributed by atoms with Crippen molar-refractivity contribution in [3.8, 4) is 0 Å². The summed E-state index contributed by atoms with van der Waals surface area (Å²) in [5.74, 6) is -0.374. The third-order valence-corrected chi connectivity index (χ3v) is 7.44. The summed E-state index contributed by atoms with van der Waals surface area (Å²) >= 11 is 3.02. The van der Waals surface area contributed by atoms with E-state index < -0.39 is 5.97 Å². The largest absolute Gasteiger partial charge is 0.466 e. The van der Waals surface area contributed by atoms with E-state index in [9.17, 15) is 14.4 Å². The maximum Gasteiger partial charge on any atom is 0.338 e. The predicted octanol–water partition coefficient (Wildman–Crippen LogP) is 2.58. The number of carbonyl (C=O) groups is 3. The van der Waals surface area contributed by atoms with E-state index in [0.717, 1.165) is 15.7 Å².